The SMILES string of the molecule is CO[C@@H]1CN[C@H](C(=O)NCCNc2nccc(C(F)(F)F)n2)C1. The third-order valence-corrected chi connectivity index (χ3v) is 3.39. The molecule has 0 unspecified atom stereocenters. The molecule has 2 heterocycles. The molecule has 3 N–H and O–H groups in total. The average Bonchev–Trinajstić information content (AvgIpc) is 3.00. The zero-order chi connectivity index (χ0) is 16.9. The second-order valence-electron chi connectivity index (χ2n) is 5.04. The van der Waals surface area contributed by atoms with Gasteiger partial charge in [0.05, 0.1) is 12.1 Å². The van der Waals surface area contributed by atoms with Gasteiger partial charge in [0.25, 0.3) is 0 Å². The van der Waals surface area contributed by atoms with E-state index < -0.39 is 11.9 Å². The van der Waals surface area contributed by atoms with Crippen LogP contribution in [-0.2, 0) is 15.7 Å². The molecule has 1 aromatic rings. The second kappa shape index (κ2) is 7.55. The lowest BCUT2D eigenvalue weighted by Crippen LogP contribution is -2.42. The molecule has 0 spiro atoms. The van der Waals surface area contributed by atoms with E-state index in [0.29, 0.717) is 13.0 Å². The molecule has 2 rings (SSSR count). The molecule has 1 aliphatic rings. The Hall–Kier alpha value is -1.94. The standard InChI is InChI=1S/C13H18F3N5O2/c1-23-8-6-9(20-7-8)11(22)17-4-5-19-12-18-3-2-10(21-12)13(14,15)16/h2-3,8-9,20H,4-7H2,1H3,(H,17,22)(H,18,19,21)/t8-,9-/m0/s1. The third kappa shape index (κ3) is 5.03. The number of anilines is 1. The highest BCUT2D eigenvalue weighted by molar-refractivity contribution is 5.82. The summed E-state index contributed by atoms with van der Waals surface area (Å²) in [6.07, 6.45) is -2.88. The van der Waals surface area contributed by atoms with Crippen molar-refractivity contribution in [3.63, 3.8) is 0 Å². The van der Waals surface area contributed by atoms with Crippen LogP contribution in [-0.4, -0.2) is 54.8 Å². The van der Waals surface area contributed by atoms with E-state index in [4.69, 9.17) is 4.74 Å². The predicted molar refractivity (Wildman–Crippen MR) is 75.7 cm³/mol. The number of halogens is 3. The average molecular weight is 333 g/mol. The van der Waals surface area contributed by atoms with Crippen molar-refractivity contribution in [2.75, 3.05) is 32.1 Å². The molecule has 0 aromatic carbocycles. The van der Waals surface area contributed by atoms with Crippen LogP contribution < -0.4 is 16.0 Å². The first-order valence-electron chi connectivity index (χ1n) is 7.08. The Kier molecular flexibility index (Phi) is 5.72. The number of nitrogens with one attached hydrogen (secondary N) is 3. The van der Waals surface area contributed by atoms with E-state index in [-0.39, 0.29) is 37.1 Å². The van der Waals surface area contributed by atoms with Crippen LogP contribution in [0.15, 0.2) is 12.3 Å². The normalized spacial score (nSPS) is 21.2. The maximum absolute atomic E-state index is 12.5. The minimum Gasteiger partial charge on any atom is -0.380 e. The van der Waals surface area contributed by atoms with Gasteiger partial charge in [0.15, 0.2) is 0 Å². The topological polar surface area (TPSA) is 88.2 Å². The van der Waals surface area contributed by atoms with Gasteiger partial charge < -0.3 is 20.7 Å². The minimum absolute atomic E-state index is 0.0161. The zero-order valence-electron chi connectivity index (χ0n) is 12.5. The fraction of sp³-hybridized carbons (Fsp3) is 0.615. The van der Waals surface area contributed by atoms with Crippen LogP contribution in [0.4, 0.5) is 19.1 Å². The molecule has 0 bridgehead atoms. The Balaban J connectivity index is 1.72. The Morgan fingerprint density at radius 1 is 1.48 bits per heavy atom. The monoisotopic (exact) mass is 333 g/mol. The van der Waals surface area contributed by atoms with Crippen LogP contribution in [0.1, 0.15) is 12.1 Å². The molecule has 0 aliphatic carbocycles. The number of amides is 1. The summed E-state index contributed by atoms with van der Waals surface area (Å²) in [6, 6.07) is 0.482. The molecule has 23 heavy (non-hydrogen) atoms. The van der Waals surface area contributed by atoms with Crippen LogP contribution in [0.25, 0.3) is 0 Å². The molecule has 1 aliphatic heterocycles. The maximum Gasteiger partial charge on any atom is 0.433 e. The zero-order valence-corrected chi connectivity index (χ0v) is 12.5. The smallest absolute Gasteiger partial charge is 0.380 e. The second-order valence-corrected chi connectivity index (χ2v) is 5.04. The summed E-state index contributed by atoms with van der Waals surface area (Å²) in [6.45, 7) is 1.08. The van der Waals surface area contributed by atoms with Gasteiger partial charge in [-0.1, -0.05) is 0 Å². The first kappa shape index (κ1) is 17.4. The number of carbonyl (C=O) groups excluding carboxylic acids is 1. The molecule has 0 saturated carbocycles. The fourth-order valence-corrected chi connectivity index (χ4v) is 2.17. The number of alkyl halides is 3. The fourth-order valence-electron chi connectivity index (χ4n) is 2.17. The first-order chi connectivity index (χ1) is 10.9. The van der Waals surface area contributed by atoms with E-state index in [0.717, 1.165) is 12.3 Å². The van der Waals surface area contributed by atoms with Gasteiger partial charge >= 0.3 is 6.18 Å². The van der Waals surface area contributed by atoms with E-state index in [1.165, 1.54) is 0 Å². The quantitative estimate of drug-likeness (QED) is 0.653. The number of hydrogen-bond donors (Lipinski definition) is 3. The van der Waals surface area contributed by atoms with Gasteiger partial charge in [-0.25, -0.2) is 9.97 Å². The van der Waals surface area contributed by atoms with E-state index in [1.54, 1.807) is 7.11 Å². The van der Waals surface area contributed by atoms with E-state index in [9.17, 15) is 18.0 Å². The molecule has 128 valence electrons. The molecule has 10 heteroatoms. The van der Waals surface area contributed by atoms with Crippen LogP contribution in [0.2, 0.25) is 0 Å². The number of carbonyl (C=O) groups is 1. The van der Waals surface area contributed by atoms with Gasteiger partial charge in [-0.05, 0) is 12.5 Å². The van der Waals surface area contributed by atoms with Crippen LogP contribution in [0.3, 0.4) is 0 Å². The van der Waals surface area contributed by atoms with Gasteiger partial charge in [0.2, 0.25) is 11.9 Å². The summed E-state index contributed by atoms with van der Waals surface area (Å²) in [5.74, 6) is -0.302. The van der Waals surface area contributed by atoms with Crippen molar-refractivity contribution >= 4 is 11.9 Å². The van der Waals surface area contributed by atoms with Crippen LogP contribution in [0, 0.1) is 0 Å². The molecule has 0 radical (unpaired) electrons. The summed E-state index contributed by atoms with van der Waals surface area (Å²) in [5.41, 5.74) is -1.01. The highest BCUT2D eigenvalue weighted by atomic mass is 19.4. The highest BCUT2D eigenvalue weighted by Gasteiger charge is 2.32. The van der Waals surface area contributed by atoms with Crippen molar-refractivity contribution in [2.24, 2.45) is 0 Å². The van der Waals surface area contributed by atoms with Crippen molar-refractivity contribution in [1.82, 2.24) is 20.6 Å². The molecule has 1 amide bonds. The predicted octanol–water partition coefficient (Wildman–Crippen LogP) is 0.400. The number of rotatable bonds is 6. The van der Waals surface area contributed by atoms with Crippen molar-refractivity contribution in [3.05, 3.63) is 18.0 Å². The number of ether oxygens (including phenoxy) is 1. The molecule has 1 saturated heterocycles. The third-order valence-electron chi connectivity index (χ3n) is 3.39. The largest absolute Gasteiger partial charge is 0.433 e. The molecule has 1 aromatic heterocycles. The van der Waals surface area contributed by atoms with Crippen LogP contribution >= 0.6 is 0 Å². The Morgan fingerprint density at radius 2 is 2.26 bits per heavy atom. The lowest BCUT2D eigenvalue weighted by atomic mass is 10.2. The summed E-state index contributed by atoms with van der Waals surface area (Å²) in [7, 11) is 1.59. The Morgan fingerprint density at radius 3 is 2.91 bits per heavy atom. The summed E-state index contributed by atoms with van der Waals surface area (Å²) in [5, 5.41) is 8.36. The molecule has 7 nitrogen and oxygen atoms in total. The summed E-state index contributed by atoms with van der Waals surface area (Å²) < 4.78 is 42.7. The summed E-state index contributed by atoms with van der Waals surface area (Å²) in [4.78, 5) is 18.9. The number of nitrogens with zero attached hydrogens (tertiary/aromatic N) is 2. The van der Waals surface area contributed by atoms with E-state index in [1.807, 2.05) is 0 Å². The van der Waals surface area contributed by atoms with Crippen LogP contribution in [0.5, 0.6) is 0 Å². The summed E-state index contributed by atoms with van der Waals surface area (Å²) >= 11 is 0. The van der Waals surface area contributed by atoms with Crippen molar-refractivity contribution in [2.45, 2.75) is 24.7 Å². The van der Waals surface area contributed by atoms with Crippen molar-refractivity contribution in [1.29, 1.82) is 0 Å². The lowest BCUT2D eigenvalue weighted by molar-refractivity contribution is -0.141. The number of aromatic nitrogens is 2. The molecular formula is C13H18F3N5O2. The Bertz CT molecular complexity index is 541. The van der Waals surface area contributed by atoms with Crippen molar-refractivity contribution < 1.29 is 22.7 Å². The molecular weight excluding hydrogens is 315 g/mol. The Labute approximate surface area is 131 Å². The maximum atomic E-state index is 12.5. The lowest BCUT2D eigenvalue weighted by Gasteiger charge is -2.12. The first-order valence-corrected chi connectivity index (χ1v) is 7.08. The van der Waals surface area contributed by atoms with E-state index in [2.05, 4.69) is 25.9 Å². The van der Waals surface area contributed by atoms with Gasteiger partial charge in [-0.3, -0.25) is 4.79 Å². The van der Waals surface area contributed by atoms with E-state index >= 15 is 0 Å². The van der Waals surface area contributed by atoms with Crippen molar-refractivity contribution in [3.8, 4) is 0 Å². The highest BCUT2D eigenvalue weighted by Crippen LogP contribution is 2.27. The number of methoxy groups -OCH3 is 1. The van der Waals surface area contributed by atoms with Gasteiger partial charge in [-0.15, -0.1) is 0 Å². The molecule has 1 fully saturated rings. The van der Waals surface area contributed by atoms with Gasteiger partial charge in [-0.2, -0.15) is 13.2 Å². The molecule has 2 atom stereocenters. The van der Waals surface area contributed by atoms with Gasteiger partial charge in [0, 0.05) is 32.9 Å². The minimum atomic E-state index is -4.51. The number of hydrogen-bond acceptors (Lipinski definition) is 6. The van der Waals surface area contributed by atoms with Gasteiger partial charge in [0.1, 0.15) is 5.69 Å².